The number of benzene rings is 1. The standard InChI is InChI=1S/C20H28N2O.ClH/c1-4-10-22-15-21(13-16-8-6-5-7-9-16)14-17-18(22)11-20(2,3)12-19(17)23;/h5-9H,4,10-15H2,1-3H3;1H. The third-order valence-corrected chi connectivity index (χ3v) is 4.85. The van der Waals surface area contributed by atoms with Crippen LogP contribution in [-0.2, 0) is 11.3 Å². The van der Waals surface area contributed by atoms with Crippen LogP contribution in [0.25, 0.3) is 0 Å². The van der Waals surface area contributed by atoms with Gasteiger partial charge in [0.25, 0.3) is 0 Å². The molecule has 0 spiro atoms. The van der Waals surface area contributed by atoms with Crippen molar-refractivity contribution in [2.75, 3.05) is 19.8 Å². The summed E-state index contributed by atoms with van der Waals surface area (Å²) in [7, 11) is 0. The van der Waals surface area contributed by atoms with E-state index in [9.17, 15) is 4.79 Å². The zero-order chi connectivity index (χ0) is 16.4. The van der Waals surface area contributed by atoms with Crippen LogP contribution in [0.1, 0.15) is 47.0 Å². The van der Waals surface area contributed by atoms with Gasteiger partial charge in [-0.05, 0) is 23.8 Å². The van der Waals surface area contributed by atoms with Gasteiger partial charge in [0, 0.05) is 37.3 Å². The topological polar surface area (TPSA) is 23.6 Å². The van der Waals surface area contributed by atoms with Crippen LogP contribution in [0, 0.1) is 5.41 Å². The number of halogens is 1. The van der Waals surface area contributed by atoms with Crippen LogP contribution < -0.4 is 12.4 Å². The van der Waals surface area contributed by atoms with E-state index in [-0.39, 0.29) is 19.2 Å². The minimum absolute atomic E-state index is 0. The second-order valence-corrected chi connectivity index (χ2v) is 7.74. The zero-order valence-corrected chi connectivity index (χ0v) is 15.8. The number of hydrogen-bond donors (Lipinski definition) is 0. The summed E-state index contributed by atoms with van der Waals surface area (Å²) in [5.74, 6) is 0.357. The van der Waals surface area contributed by atoms with Crippen molar-refractivity contribution in [3.63, 3.8) is 0 Å². The SMILES string of the molecule is CCCN1CN(Cc2ccccc2)CC2=C1CC(C)(C)CC2=O.[Cl-].[H+]. The predicted octanol–water partition coefficient (Wildman–Crippen LogP) is 0.931. The molecule has 0 bridgehead atoms. The van der Waals surface area contributed by atoms with E-state index < -0.39 is 0 Å². The van der Waals surface area contributed by atoms with Gasteiger partial charge in [0.15, 0.2) is 5.78 Å². The van der Waals surface area contributed by atoms with Gasteiger partial charge in [0.05, 0.1) is 6.67 Å². The van der Waals surface area contributed by atoms with E-state index in [4.69, 9.17) is 0 Å². The van der Waals surface area contributed by atoms with E-state index in [2.05, 4.69) is 60.9 Å². The van der Waals surface area contributed by atoms with E-state index >= 15 is 0 Å². The Morgan fingerprint density at radius 3 is 2.54 bits per heavy atom. The second kappa shape index (κ2) is 7.71. The molecule has 24 heavy (non-hydrogen) atoms. The Hall–Kier alpha value is -1.32. The zero-order valence-electron chi connectivity index (χ0n) is 16.0. The van der Waals surface area contributed by atoms with Crippen molar-refractivity contribution in [1.82, 2.24) is 9.80 Å². The lowest BCUT2D eigenvalue weighted by molar-refractivity contribution is -0.119. The molecular weight excluding hydrogens is 320 g/mol. The van der Waals surface area contributed by atoms with Crippen LogP contribution in [0.5, 0.6) is 0 Å². The summed E-state index contributed by atoms with van der Waals surface area (Å²) in [5, 5.41) is 0. The van der Waals surface area contributed by atoms with Crippen molar-refractivity contribution >= 4 is 5.78 Å². The average molecular weight is 349 g/mol. The lowest BCUT2D eigenvalue weighted by Crippen LogP contribution is -3.00. The third-order valence-electron chi connectivity index (χ3n) is 4.85. The molecule has 1 heterocycles. The highest BCUT2D eigenvalue weighted by atomic mass is 35.5. The number of hydrogen-bond acceptors (Lipinski definition) is 3. The van der Waals surface area contributed by atoms with Crippen LogP contribution in [0.15, 0.2) is 41.6 Å². The summed E-state index contributed by atoms with van der Waals surface area (Å²) in [4.78, 5) is 17.5. The summed E-state index contributed by atoms with van der Waals surface area (Å²) in [6.45, 7) is 10.3. The van der Waals surface area contributed by atoms with Crippen LogP contribution in [-0.4, -0.2) is 35.3 Å². The first-order chi connectivity index (χ1) is 11.0. The highest BCUT2D eigenvalue weighted by Crippen LogP contribution is 2.40. The number of allylic oxidation sites excluding steroid dienone is 1. The number of ketones is 1. The van der Waals surface area contributed by atoms with Crippen molar-refractivity contribution in [2.24, 2.45) is 5.41 Å². The van der Waals surface area contributed by atoms with Crippen LogP contribution >= 0.6 is 0 Å². The summed E-state index contributed by atoms with van der Waals surface area (Å²) >= 11 is 0. The van der Waals surface area contributed by atoms with Crippen molar-refractivity contribution in [1.29, 1.82) is 0 Å². The van der Waals surface area contributed by atoms with E-state index in [1.165, 1.54) is 11.3 Å². The Labute approximate surface area is 153 Å². The largest absolute Gasteiger partial charge is 1.00 e. The molecule has 0 radical (unpaired) electrons. The molecule has 3 nitrogen and oxygen atoms in total. The average Bonchev–Trinajstić information content (AvgIpc) is 2.49. The smallest absolute Gasteiger partial charge is 1.00 e. The van der Waals surface area contributed by atoms with Crippen molar-refractivity contribution < 1.29 is 18.6 Å². The molecule has 0 aromatic heterocycles. The monoisotopic (exact) mass is 348 g/mol. The molecule has 1 aliphatic carbocycles. The molecule has 4 heteroatoms. The Morgan fingerprint density at radius 2 is 1.88 bits per heavy atom. The molecule has 1 aromatic carbocycles. The molecular formula is C20H29ClN2O. The molecule has 0 unspecified atom stereocenters. The maximum absolute atomic E-state index is 12.7. The fraction of sp³-hybridized carbons (Fsp3) is 0.550. The second-order valence-electron chi connectivity index (χ2n) is 7.74. The number of carbonyl (C=O) groups excluding carboxylic acids is 1. The molecule has 2 aliphatic rings. The van der Waals surface area contributed by atoms with Crippen LogP contribution in [0.3, 0.4) is 0 Å². The van der Waals surface area contributed by atoms with Crippen LogP contribution in [0.4, 0.5) is 0 Å². The predicted molar refractivity (Wildman–Crippen MR) is 94.9 cm³/mol. The van der Waals surface area contributed by atoms with Crippen LogP contribution in [0.2, 0.25) is 0 Å². The van der Waals surface area contributed by atoms with Gasteiger partial charge in [-0.25, -0.2) is 0 Å². The van der Waals surface area contributed by atoms with E-state index in [1.54, 1.807) is 0 Å². The molecule has 0 amide bonds. The highest BCUT2D eigenvalue weighted by molar-refractivity contribution is 5.98. The van der Waals surface area contributed by atoms with Gasteiger partial charge in [-0.1, -0.05) is 51.1 Å². The fourth-order valence-corrected chi connectivity index (χ4v) is 3.83. The Balaban J connectivity index is 0.00000156. The van der Waals surface area contributed by atoms with Gasteiger partial charge in [-0.2, -0.15) is 0 Å². The first-order valence-electron chi connectivity index (χ1n) is 8.75. The molecule has 0 saturated carbocycles. The summed E-state index contributed by atoms with van der Waals surface area (Å²) in [6, 6.07) is 10.6. The quantitative estimate of drug-likeness (QED) is 0.809. The molecule has 0 saturated heterocycles. The lowest BCUT2D eigenvalue weighted by Gasteiger charge is -2.45. The van der Waals surface area contributed by atoms with Gasteiger partial charge in [-0.3, -0.25) is 9.69 Å². The van der Waals surface area contributed by atoms with Gasteiger partial charge >= 0.3 is 1.43 Å². The highest BCUT2D eigenvalue weighted by Gasteiger charge is 2.38. The summed E-state index contributed by atoms with van der Waals surface area (Å²) in [5.41, 5.74) is 3.80. The minimum atomic E-state index is 0. The van der Waals surface area contributed by atoms with Gasteiger partial charge < -0.3 is 17.3 Å². The van der Waals surface area contributed by atoms with Crippen molar-refractivity contribution in [2.45, 2.75) is 46.6 Å². The first-order valence-corrected chi connectivity index (χ1v) is 8.75. The number of rotatable bonds is 4. The van der Waals surface area contributed by atoms with E-state index in [0.717, 1.165) is 44.7 Å². The van der Waals surface area contributed by atoms with E-state index in [1.807, 2.05) is 0 Å². The molecule has 1 aliphatic heterocycles. The normalized spacial score (nSPS) is 20.6. The first kappa shape index (κ1) is 19.0. The number of Topliss-reactive ketones (excluding diaryl/α,β-unsaturated/α-hetero) is 1. The third kappa shape index (κ3) is 4.20. The minimum Gasteiger partial charge on any atom is -1.00 e. The van der Waals surface area contributed by atoms with Crippen molar-refractivity contribution in [3.05, 3.63) is 47.2 Å². The fourth-order valence-electron chi connectivity index (χ4n) is 3.83. The van der Waals surface area contributed by atoms with E-state index in [0.29, 0.717) is 12.2 Å². The molecule has 132 valence electrons. The Morgan fingerprint density at radius 1 is 1.17 bits per heavy atom. The maximum atomic E-state index is 12.7. The molecule has 0 N–H and O–H groups in total. The van der Waals surface area contributed by atoms with Gasteiger partial charge in [0.1, 0.15) is 0 Å². The maximum Gasteiger partial charge on any atom is 1.00 e. The summed E-state index contributed by atoms with van der Waals surface area (Å²) in [6.07, 6.45) is 2.84. The lowest BCUT2D eigenvalue weighted by atomic mass is 9.75. The van der Waals surface area contributed by atoms with Crippen molar-refractivity contribution in [3.8, 4) is 0 Å². The van der Waals surface area contributed by atoms with Gasteiger partial charge in [-0.15, -0.1) is 0 Å². The molecule has 1 aromatic rings. The number of nitrogens with zero attached hydrogens (tertiary/aromatic N) is 2. The summed E-state index contributed by atoms with van der Waals surface area (Å²) < 4.78 is 0. The Kier molecular flexibility index (Phi) is 6.11. The number of carbonyl (C=O) groups is 1. The Bertz CT molecular complexity index is 615. The van der Waals surface area contributed by atoms with Gasteiger partial charge in [0.2, 0.25) is 0 Å². The molecule has 3 rings (SSSR count). The molecule has 0 fully saturated rings. The molecule has 0 atom stereocenters.